The van der Waals surface area contributed by atoms with Crippen LogP contribution in [0.1, 0.15) is 39.5 Å². The predicted molar refractivity (Wildman–Crippen MR) is 63.2 cm³/mol. The maximum absolute atomic E-state index is 12.1. The van der Waals surface area contributed by atoms with Crippen LogP contribution in [-0.4, -0.2) is 25.0 Å². The number of hydrogen-bond donors (Lipinski definition) is 1. The smallest absolute Gasteiger partial charge is 0.230 e. The molecule has 1 N–H and O–H groups in total. The summed E-state index contributed by atoms with van der Waals surface area (Å²) in [6, 6.07) is 0. The Kier molecular flexibility index (Phi) is 3.52. The van der Waals surface area contributed by atoms with Crippen LogP contribution in [0.5, 0.6) is 0 Å². The van der Waals surface area contributed by atoms with Gasteiger partial charge in [-0.05, 0) is 30.6 Å². The molecule has 4 heteroatoms. The molecular formula is C13H21NO3. The first kappa shape index (κ1) is 12.6. The summed E-state index contributed by atoms with van der Waals surface area (Å²) in [7, 11) is 0. The van der Waals surface area contributed by atoms with E-state index < -0.39 is 0 Å². The Labute approximate surface area is 102 Å². The van der Waals surface area contributed by atoms with Crippen molar-refractivity contribution in [2.45, 2.75) is 39.5 Å². The summed E-state index contributed by atoms with van der Waals surface area (Å²) < 4.78 is 5.48. The molecule has 0 aliphatic carbocycles. The third-order valence-corrected chi connectivity index (χ3v) is 4.09. The topological polar surface area (TPSA) is 55.4 Å². The molecule has 0 saturated carbocycles. The molecule has 2 saturated heterocycles. The molecule has 2 heterocycles. The molecule has 0 aromatic heterocycles. The summed E-state index contributed by atoms with van der Waals surface area (Å²) in [6.45, 7) is 5.55. The van der Waals surface area contributed by atoms with Crippen molar-refractivity contribution in [2.75, 3.05) is 13.2 Å². The van der Waals surface area contributed by atoms with Crippen molar-refractivity contribution in [3.05, 3.63) is 0 Å². The fourth-order valence-electron chi connectivity index (χ4n) is 3.49. The van der Waals surface area contributed by atoms with Crippen molar-refractivity contribution in [3.63, 3.8) is 0 Å². The zero-order chi connectivity index (χ0) is 12.5. The van der Waals surface area contributed by atoms with Gasteiger partial charge in [0.25, 0.3) is 0 Å². The second-order valence-corrected chi connectivity index (χ2v) is 5.64. The van der Waals surface area contributed by atoms with Gasteiger partial charge in [-0.1, -0.05) is 13.8 Å². The lowest BCUT2D eigenvalue weighted by Crippen LogP contribution is -2.54. The van der Waals surface area contributed by atoms with Gasteiger partial charge in [-0.3, -0.25) is 14.9 Å². The van der Waals surface area contributed by atoms with E-state index in [4.69, 9.17) is 4.74 Å². The van der Waals surface area contributed by atoms with E-state index in [9.17, 15) is 9.59 Å². The average Bonchev–Trinajstić information content (AvgIpc) is 2.42. The quantitative estimate of drug-likeness (QED) is 0.705. The number of nitrogens with one attached hydrogen (secondary N) is 1. The molecule has 0 radical (unpaired) electrons. The highest BCUT2D eigenvalue weighted by Crippen LogP contribution is 2.46. The third kappa shape index (κ3) is 2.37. The Hall–Kier alpha value is -0.900. The minimum Gasteiger partial charge on any atom is -0.381 e. The van der Waals surface area contributed by atoms with Gasteiger partial charge in [0.2, 0.25) is 11.8 Å². The van der Waals surface area contributed by atoms with Crippen LogP contribution in [0.15, 0.2) is 0 Å². The van der Waals surface area contributed by atoms with Crippen LogP contribution in [0.3, 0.4) is 0 Å². The molecule has 2 amide bonds. The summed E-state index contributed by atoms with van der Waals surface area (Å²) in [5.41, 5.74) is -0.163. The molecule has 2 rings (SSSR count). The van der Waals surface area contributed by atoms with Crippen LogP contribution in [0.4, 0.5) is 0 Å². The Morgan fingerprint density at radius 2 is 2.06 bits per heavy atom. The molecule has 2 aliphatic heterocycles. The Morgan fingerprint density at radius 3 is 2.76 bits per heavy atom. The van der Waals surface area contributed by atoms with Crippen molar-refractivity contribution >= 4 is 11.8 Å². The molecular weight excluding hydrogens is 218 g/mol. The number of hydrogen-bond acceptors (Lipinski definition) is 3. The number of piperidine rings is 1. The van der Waals surface area contributed by atoms with Gasteiger partial charge in [-0.15, -0.1) is 0 Å². The maximum atomic E-state index is 12.1. The summed E-state index contributed by atoms with van der Waals surface area (Å²) in [4.78, 5) is 23.7. The zero-order valence-electron chi connectivity index (χ0n) is 10.6. The van der Waals surface area contributed by atoms with Crippen molar-refractivity contribution in [1.82, 2.24) is 5.32 Å². The molecule has 0 aromatic rings. The van der Waals surface area contributed by atoms with Crippen LogP contribution in [-0.2, 0) is 14.3 Å². The van der Waals surface area contributed by atoms with Crippen LogP contribution in [0, 0.1) is 17.3 Å². The van der Waals surface area contributed by atoms with Gasteiger partial charge < -0.3 is 4.74 Å². The summed E-state index contributed by atoms with van der Waals surface area (Å²) in [5.74, 6) is 0.00931. The number of ether oxygens (including phenoxy) is 1. The Bertz CT molecular complexity index is 317. The van der Waals surface area contributed by atoms with Crippen LogP contribution in [0.25, 0.3) is 0 Å². The van der Waals surface area contributed by atoms with E-state index in [2.05, 4.69) is 19.2 Å². The highest BCUT2D eigenvalue weighted by atomic mass is 16.5. The molecule has 2 fully saturated rings. The largest absolute Gasteiger partial charge is 0.381 e. The Balaban J connectivity index is 2.30. The second kappa shape index (κ2) is 4.77. The number of carbonyl (C=O) groups excluding carboxylic acids is 2. The van der Waals surface area contributed by atoms with Crippen molar-refractivity contribution in [1.29, 1.82) is 0 Å². The van der Waals surface area contributed by atoms with Crippen molar-refractivity contribution in [2.24, 2.45) is 17.3 Å². The second-order valence-electron chi connectivity index (χ2n) is 5.64. The molecule has 0 aromatic carbocycles. The third-order valence-electron chi connectivity index (χ3n) is 4.09. The van der Waals surface area contributed by atoms with Gasteiger partial charge in [0.05, 0.1) is 0 Å². The molecule has 2 aliphatic rings. The van der Waals surface area contributed by atoms with E-state index >= 15 is 0 Å². The molecule has 1 spiro atoms. The van der Waals surface area contributed by atoms with E-state index in [0.29, 0.717) is 13.0 Å². The van der Waals surface area contributed by atoms with Gasteiger partial charge >= 0.3 is 0 Å². The van der Waals surface area contributed by atoms with Gasteiger partial charge in [-0.25, -0.2) is 0 Å². The summed E-state index contributed by atoms with van der Waals surface area (Å²) >= 11 is 0. The average molecular weight is 239 g/mol. The molecule has 17 heavy (non-hydrogen) atoms. The lowest BCUT2D eigenvalue weighted by atomic mass is 9.62. The predicted octanol–water partition coefficient (Wildman–Crippen LogP) is 1.49. The lowest BCUT2D eigenvalue weighted by Gasteiger charge is -2.43. The molecule has 0 bridgehead atoms. The zero-order valence-corrected chi connectivity index (χ0v) is 10.6. The van der Waals surface area contributed by atoms with E-state index in [-0.39, 0.29) is 29.1 Å². The first-order chi connectivity index (χ1) is 8.05. The van der Waals surface area contributed by atoms with Crippen molar-refractivity contribution < 1.29 is 14.3 Å². The van der Waals surface area contributed by atoms with Crippen LogP contribution < -0.4 is 5.32 Å². The van der Waals surface area contributed by atoms with Gasteiger partial charge in [0.1, 0.15) is 0 Å². The summed E-state index contributed by atoms with van der Waals surface area (Å²) in [5, 5.41) is 2.48. The molecule has 96 valence electrons. The highest BCUT2D eigenvalue weighted by molar-refractivity contribution is 5.99. The highest BCUT2D eigenvalue weighted by Gasteiger charge is 2.49. The normalized spacial score (nSPS) is 34.9. The first-order valence-electron chi connectivity index (χ1n) is 6.47. The van der Waals surface area contributed by atoms with E-state index in [1.165, 1.54) is 0 Å². The summed E-state index contributed by atoms with van der Waals surface area (Å²) in [6.07, 6.45) is 3.18. The monoisotopic (exact) mass is 239 g/mol. The molecule has 4 nitrogen and oxygen atoms in total. The molecule has 2 unspecified atom stereocenters. The lowest BCUT2D eigenvalue weighted by molar-refractivity contribution is -0.146. The fourth-order valence-corrected chi connectivity index (χ4v) is 3.49. The van der Waals surface area contributed by atoms with Gasteiger partial charge in [0.15, 0.2) is 0 Å². The minimum atomic E-state index is -0.163. The number of imide groups is 1. The van der Waals surface area contributed by atoms with E-state index in [1.54, 1.807) is 0 Å². The Morgan fingerprint density at radius 1 is 1.29 bits per heavy atom. The van der Waals surface area contributed by atoms with E-state index in [1.807, 2.05) is 0 Å². The number of amides is 2. The maximum Gasteiger partial charge on any atom is 0.230 e. The first-order valence-corrected chi connectivity index (χ1v) is 6.47. The number of carbonyl (C=O) groups is 2. The SMILES string of the molecule is CC(C)C1C(=O)NC(=O)CC12CCCOCC2. The fraction of sp³-hybridized carbons (Fsp3) is 0.846. The van der Waals surface area contributed by atoms with Crippen molar-refractivity contribution in [3.8, 4) is 0 Å². The molecule has 2 atom stereocenters. The van der Waals surface area contributed by atoms with Gasteiger partial charge in [-0.2, -0.15) is 0 Å². The van der Waals surface area contributed by atoms with Crippen LogP contribution >= 0.6 is 0 Å². The number of rotatable bonds is 1. The van der Waals surface area contributed by atoms with E-state index in [0.717, 1.165) is 25.9 Å². The van der Waals surface area contributed by atoms with Gasteiger partial charge in [0, 0.05) is 25.6 Å². The van der Waals surface area contributed by atoms with Crippen LogP contribution in [0.2, 0.25) is 0 Å². The minimum absolute atomic E-state index is 0.0538. The standard InChI is InChI=1S/C13H21NO3/c1-9(2)11-12(16)14-10(15)8-13(11)4-3-6-17-7-5-13/h9,11H,3-8H2,1-2H3,(H,14,15,16).